The van der Waals surface area contributed by atoms with Crippen molar-refractivity contribution in [2.24, 2.45) is 0 Å². The van der Waals surface area contributed by atoms with Crippen molar-refractivity contribution >= 4 is 39.9 Å². The number of halogens is 1. The predicted molar refractivity (Wildman–Crippen MR) is 86.1 cm³/mol. The van der Waals surface area contributed by atoms with E-state index in [0.717, 1.165) is 0 Å². The lowest BCUT2D eigenvalue weighted by Crippen LogP contribution is -2.15. The van der Waals surface area contributed by atoms with E-state index in [1.54, 1.807) is 24.3 Å². The van der Waals surface area contributed by atoms with Gasteiger partial charge in [-0.1, -0.05) is 18.2 Å². The van der Waals surface area contributed by atoms with E-state index in [1.165, 1.54) is 18.2 Å². The molecule has 2 aromatic carbocycles. The first-order valence-electron chi connectivity index (χ1n) is 5.97. The highest BCUT2D eigenvalue weighted by Gasteiger charge is 2.16. The molecule has 0 aliphatic carbocycles. The zero-order chi connectivity index (χ0) is 15.4. The Morgan fingerprint density at radius 1 is 1.29 bits per heavy atom. The van der Waals surface area contributed by atoms with E-state index in [4.69, 9.17) is 0 Å². The number of aliphatic hydroxyl groups excluding tert-OH is 1. The molecule has 0 spiro atoms. The molecule has 0 unspecified atom stereocenters. The summed E-state index contributed by atoms with van der Waals surface area (Å²) in [6.07, 6.45) is 0. The van der Waals surface area contributed by atoms with Crippen molar-refractivity contribution in [3.63, 3.8) is 0 Å². The van der Waals surface area contributed by atoms with Crippen molar-refractivity contribution in [2.45, 2.75) is 6.61 Å². The van der Waals surface area contributed by atoms with Crippen molar-refractivity contribution < 1.29 is 14.8 Å². The second-order valence-electron chi connectivity index (χ2n) is 4.19. The van der Waals surface area contributed by atoms with Crippen molar-refractivity contribution in [1.29, 1.82) is 0 Å². The van der Waals surface area contributed by atoms with Gasteiger partial charge < -0.3 is 10.4 Å². The van der Waals surface area contributed by atoms with Crippen LogP contribution in [-0.4, -0.2) is 15.9 Å². The van der Waals surface area contributed by atoms with E-state index >= 15 is 0 Å². The maximum Gasteiger partial charge on any atom is 0.270 e. The number of nitrogens with zero attached hydrogens (tertiary/aromatic N) is 1. The first-order chi connectivity index (χ1) is 10.0. The van der Waals surface area contributed by atoms with Gasteiger partial charge in [-0.3, -0.25) is 14.9 Å². The lowest BCUT2D eigenvalue weighted by Gasteiger charge is -2.10. The molecule has 0 aliphatic heterocycles. The van der Waals surface area contributed by atoms with Crippen LogP contribution in [0.5, 0.6) is 0 Å². The molecule has 2 N–H and O–H groups in total. The topological polar surface area (TPSA) is 92.5 Å². The number of hydrogen-bond acceptors (Lipinski definition) is 4. The number of rotatable bonds is 4. The maximum atomic E-state index is 12.3. The molecule has 0 aliphatic rings. The van der Waals surface area contributed by atoms with Crippen molar-refractivity contribution in [3.8, 4) is 0 Å². The Morgan fingerprint density at radius 2 is 2.00 bits per heavy atom. The van der Waals surface area contributed by atoms with Gasteiger partial charge in [0.15, 0.2) is 0 Å². The van der Waals surface area contributed by atoms with Crippen LogP contribution in [0.2, 0.25) is 0 Å². The van der Waals surface area contributed by atoms with E-state index in [2.05, 4.69) is 5.32 Å². The van der Waals surface area contributed by atoms with Crippen LogP contribution in [0.25, 0.3) is 0 Å². The van der Waals surface area contributed by atoms with Crippen LogP contribution in [0, 0.1) is 13.7 Å². The SMILES string of the molecule is O=C(Nc1ccccc1CO)c1cc([N+](=O)[O-])ccc1I. The van der Waals surface area contributed by atoms with Gasteiger partial charge in [0, 0.05) is 27.0 Å². The van der Waals surface area contributed by atoms with Crippen LogP contribution >= 0.6 is 22.6 Å². The third kappa shape index (κ3) is 3.56. The summed E-state index contributed by atoms with van der Waals surface area (Å²) in [7, 11) is 0. The van der Waals surface area contributed by atoms with Gasteiger partial charge in [0.1, 0.15) is 0 Å². The number of aliphatic hydroxyl groups is 1. The van der Waals surface area contributed by atoms with Gasteiger partial charge in [-0.15, -0.1) is 0 Å². The quantitative estimate of drug-likeness (QED) is 0.471. The molecule has 0 saturated carbocycles. The maximum absolute atomic E-state index is 12.3. The fourth-order valence-electron chi connectivity index (χ4n) is 1.77. The molecule has 0 aromatic heterocycles. The zero-order valence-electron chi connectivity index (χ0n) is 10.7. The fraction of sp³-hybridized carbons (Fsp3) is 0.0714. The summed E-state index contributed by atoms with van der Waals surface area (Å²) < 4.78 is 0.608. The Morgan fingerprint density at radius 3 is 2.67 bits per heavy atom. The van der Waals surface area contributed by atoms with Gasteiger partial charge in [0.2, 0.25) is 0 Å². The third-order valence-corrected chi connectivity index (χ3v) is 3.78. The van der Waals surface area contributed by atoms with Gasteiger partial charge in [-0.05, 0) is 34.7 Å². The molecular formula is C14H11IN2O4. The minimum atomic E-state index is -0.547. The third-order valence-electron chi connectivity index (χ3n) is 2.84. The van der Waals surface area contributed by atoms with Crippen LogP contribution in [0.15, 0.2) is 42.5 Å². The monoisotopic (exact) mass is 398 g/mol. The van der Waals surface area contributed by atoms with Crippen molar-refractivity contribution in [3.05, 3.63) is 67.3 Å². The second kappa shape index (κ2) is 6.64. The van der Waals surface area contributed by atoms with Gasteiger partial charge >= 0.3 is 0 Å². The highest BCUT2D eigenvalue weighted by atomic mass is 127. The Hall–Kier alpha value is -2.00. The number of carbonyl (C=O) groups excluding carboxylic acids is 1. The molecule has 0 fully saturated rings. The molecule has 0 radical (unpaired) electrons. The molecule has 2 rings (SSSR count). The van der Waals surface area contributed by atoms with E-state index < -0.39 is 10.8 Å². The summed E-state index contributed by atoms with van der Waals surface area (Å²) in [5.41, 5.74) is 1.13. The Bertz CT molecular complexity index is 703. The summed E-state index contributed by atoms with van der Waals surface area (Å²) in [6.45, 7) is -0.206. The Kier molecular flexibility index (Phi) is 4.86. The molecular weight excluding hydrogens is 387 g/mol. The van der Waals surface area contributed by atoms with Crippen LogP contribution in [0.1, 0.15) is 15.9 Å². The molecule has 6 nitrogen and oxygen atoms in total. The van der Waals surface area contributed by atoms with Crippen LogP contribution in [0.3, 0.4) is 0 Å². The summed E-state index contributed by atoms with van der Waals surface area (Å²) >= 11 is 1.94. The molecule has 0 bridgehead atoms. The molecule has 0 saturated heterocycles. The van der Waals surface area contributed by atoms with Crippen molar-refractivity contribution in [1.82, 2.24) is 0 Å². The molecule has 2 aromatic rings. The van der Waals surface area contributed by atoms with E-state index in [-0.39, 0.29) is 17.9 Å². The van der Waals surface area contributed by atoms with Crippen LogP contribution < -0.4 is 5.32 Å². The molecule has 1 amide bonds. The van der Waals surface area contributed by atoms with Gasteiger partial charge in [0.05, 0.1) is 17.1 Å². The number of hydrogen-bond donors (Lipinski definition) is 2. The highest BCUT2D eigenvalue weighted by molar-refractivity contribution is 14.1. The number of para-hydroxylation sites is 1. The number of carbonyl (C=O) groups is 1. The number of nitro groups is 1. The average Bonchev–Trinajstić information content (AvgIpc) is 2.47. The molecule has 21 heavy (non-hydrogen) atoms. The molecule has 7 heteroatoms. The van der Waals surface area contributed by atoms with Crippen LogP contribution in [-0.2, 0) is 6.61 Å². The number of benzene rings is 2. The first-order valence-corrected chi connectivity index (χ1v) is 7.05. The minimum absolute atomic E-state index is 0.143. The summed E-state index contributed by atoms with van der Waals surface area (Å²) in [5.74, 6) is -0.455. The Balaban J connectivity index is 2.32. The summed E-state index contributed by atoms with van der Waals surface area (Å²) in [5, 5.41) is 22.7. The highest BCUT2D eigenvalue weighted by Crippen LogP contribution is 2.22. The van der Waals surface area contributed by atoms with Gasteiger partial charge in [-0.2, -0.15) is 0 Å². The normalized spacial score (nSPS) is 10.2. The number of nitrogens with one attached hydrogen (secondary N) is 1. The predicted octanol–water partition coefficient (Wildman–Crippen LogP) is 2.94. The number of nitro benzene ring substituents is 1. The van der Waals surface area contributed by atoms with Crippen LogP contribution in [0.4, 0.5) is 11.4 Å². The minimum Gasteiger partial charge on any atom is -0.392 e. The lowest BCUT2D eigenvalue weighted by molar-refractivity contribution is -0.384. The number of amides is 1. The summed E-state index contributed by atoms with van der Waals surface area (Å²) in [6, 6.07) is 10.9. The largest absolute Gasteiger partial charge is 0.392 e. The van der Waals surface area contributed by atoms with E-state index in [1.807, 2.05) is 22.6 Å². The standard InChI is InChI=1S/C14H11IN2O4/c15-12-6-5-10(17(20)21)7-11(12)14(19)16-13-4-2-1-3-9(13)8-18/h1-7,18H,8H2,(H,16,19). The fourth-order valence-corrected chi connectivity index (χ4v) is 2.35. The van der Waals surface area contributed by atoms with E-state index in [0.29, 0.717) is 14.8 Å². The first kappa shape index (κ1) is 15.4. The van der Waals surface area contributed by atoms with Gasteiger partial charge in [0.25, 0.3) is 11.6 Å². The smallest absolute Gasteiger partial charge is 0.270 e. The Labute approximate surface area is 134 Å². The zero-order valence-corrected chi connectivity index (χ0v) is 12.9. The second-order valence-corrected chi connectivity index (χ2v) is 5.35. The van der Waals surface area contributed by atoms with Crippen molar-refractivity contribution in [2.75, 3.05) is 5.32 Å². The van der Waals surface area contributed by atoms with Gasteiger partial charge in [-0.25, -0.2) is 0 Å². The summed E-state index contributed by atoms with van der Waals surface area (Å²) in [4.78, 5) is 22.5. The average molecular weight is 398 g/mol. The van der Waals surface area contributed by atoms with E-state index in [9.17, 15) is 20.0 Å². The molecule has 108 valence electrons. The number of non-ortho nitro benzene ring substituents is 1. The number of anilines is 1. The lowest BCUT2D eigenvalue weighted by atomic mass is 10.1. The molecule has 0 heterocycles. The molecule has 0 atom stereocenters.